The maximum atomic E-state index is 13.7. The van der Waals surface area contributed by atoms with Crippen LogP contribution in [0.15, 0.2) is 16.6 Å². The normalized spacial score (nSPS) is 15.6. The fourth-order valence-corrected chi connectivity index (χ4v) is 1.81. The van der Waals surface area contributed by atoms with Crippen molar-refractivity contribution in [3.63, 3.8) is 0 Å². The van der Waals surface area contributed by atoms with Crippen LogP contribution < -0.4 is 11.1 Å². The molecule has 0 saturated heterocycles. The van der Waals surface area contributed by atoms with Crippen molar-refractivity contribution in [2.45, 2.75) is 25.4 Å². The Morgan fingerprint density at radius 3 is 2.79 bits per heavy atom. The van der Waals surface area contributed by atoms with Gasteiger partial charge in [0.1, 0.15) is 0 Å². The lowest BCUT2D eigenvalue weighted by Gasteiger charge is -2.09. The molecule has 0 aliphatic heterocycles. The number of nitrogens with two attached hydrogens (primary N) is 1. The van der Waals surface area contributed by atoms with Crippen molar-refractivity contribution in [2.75, 3.05) is 5.32 Å². The Morgan fingerprint density at radius 2 is 2.21 bits per heavy atom. The summed E-state index contributed by atoms with van der Waals surface area (Å²) in [4.78, 5) is 0. The van der Waals surface area contributed by atoms with Gasteiger partial charge in [-0.1, -0.05) is 6.07 Å². The Morgan fingerprint density at radius 1 is 1.50 bits per heavy atom. The number of anilines is 1. The quantitative estimate of drug-likeness (QED) is 0.875. The molecule has 0 unspecified atom stereocenters. The van der Waals surface area contributed by atoms with Gasteiger partial charge in [-0.05, 0) is 40.4 Å². The third-order valence-corrected chi connectivity index (χ3v) is 3.18. The second kappa shape index (κ2) is 3.87. The van der Waals surface area contributed by atoms with E-state index in [0.717, 1.165) is 18.4 Å². The highest BCUT2D eigenvalue weighted by Crippen LogP contribution is 2.31. The van der Waals surface area contributed by atoms with Crippen molar-refractivity contribution >= 4 is 21.6 Å². The summed E-state index contributed by atoms with van der Waals surface area (Å²) in [7, 11) is 0. The average Bonchev–Trinajstić information content (AvgIpc) is 2.97. The van der Waals surface area contributed by atoms with Crippen LogP contribution in [0.3, 0.4) is 0 Å². The minimum atomic E-state index is -0.236. The lowest BCUT2D eigenvalue weighted by atomic mass is 10.2. The van der Waals surface area contributed by atoms with E-state index in [9.17, 15) is 4.39 Å². The van der Waals surface area contributed by atoms with Gasteiger partial charge in [-0.3, -0.25) is 0 Å². The van der Waals surface area contributed by atoms with Crippen molar-refractivity contribution < 1.29 is 4.39 Å². The zero-order valence-corrected chi connectivity index (χ0v) is 9.27. The highest BCUT2D eigenvalue weighted by molar-refractivity contribution is 9.10. The SMILES string of the molecule is NCc1ccc(NC2CC2)c(F)c1Br. The van der Waals surface area contributed by atoms with Gasteiger partial charge in [-0.2, -0.15) is 0 Å². The third-order valence-electron chi connectivity index (χ3n) is 2.32. The first-order chi connectivity index (χ1) is 6.72. The summed E-state index contributed by atoms with van der Waals surface area (Å²) in [5.74, 6) is -0.236. The summed E-state index contributed by atoms with van der Waals surface area (Å²) < 4.78 is 14.1. The van der Waals surface area contributed by atoms with Crippen LogP contribution in [0.1, 0.15) is 18.4 Å². The van der Waals surface area contributed by atoms with Crippen molar-refractivity contribution in [1.29, 1.82) is 0 Å². The summed E-state index contributed by atoms with van der Waals surface area (Å²) in [5, 5.41) is 3.13. The molecule has 0 heterocycles. The largest absolute Gasteiger partial charge is 0.380 e. The van der Waals surface area contributed by atoms with Gasteiger partial charge in [0.2, 0.25) is 0 Å². The lowest BCUT2D eigenvalue weighted by Crippen LogP contribution is -2.06. The fourth-order valence-electron chi connectivity index (χ4n) is 1.31. The number of rotatable bonds is 3. The van der Waals surface area contributed by atoms with Crippen molar-refractivity contribution in [2.24, 2.45) is 5.73 Å². The lowest BCUT2D eigenvalue weighted by molar-refractivity contribution is 0.620. The van der Waals surface area contributed by atoms with Crippen molar-refractivity contribution in [1.82, 2.24) is 0 Å². The number of hydrogen-bond acceptors (Lipinski definition) is 2. The van der Waals surface area contributed by atoms with Crippen LogP contribution in [0.4, 0.5) is 10.1 Å². The third kappa shape index (κ3) is 1.91. The van der Waals surface area contributed by atoms with E-state index in [1.54, 1.807) is 6.07 Å². The first kappa shape index (κ1) is 9.93. The van der Waals surface area contributed by atoms with Crippen LogP contribution in [-0.4, -0.2) is 6.04 Å². The fraction of sp³-hybridized carbons (Fsp3) is 0.400. The molecule has 0 aromatic heterocycles. The molecule has 1 saturated carbocycles. The maximum Gasteiger partial charge on any atom is 0.160 e. The first-order valence-corrected chi connectivity index (χ1v) is 5.45. The smallest absolute Gasteiger partial charge is 0.160 e. The van der Waals surface area contributed by atoms with Crippen LogP contribution in [0.2, 0.25) is 0 Å². The minimum absolute atomic E-state index is 0.236. The topological polar surface area (TPSA) is 38.0 Å². The molecule has 1 aliphatic rings. The number of halogens is 2. The molecule has 14 heavy (non-hydrogen) atoms. The molecule has 0 spiro atoms. The molecule has 3 N–H and O–H groups in total. The van der Waals surface area contributed by atoms with E-state index in [-0.39, 0.29) is 5.82 Å². The van der Waals surface area contributed by atoms with Crippen LogP contribution in [0, 0.1) is 5.82 Å². The van der Waals surface area contributed by atoms with E-state index in [4.69, 9.17) is 5.73 Å². The van der Waals surface area contributed by atoms with Gasteiger partial charge in [0.15, 0.2) is 5.82 Å². The van der Waals surface area contributed by atoms with E-state index in [0.29, 0.717) is 22.7 Å². The molecule has 1 aromatic rings. The van der Waals surface area contributed by atoms with E-state index in [2.05, 4.69) is 21.2 Å². The molecule has 1 aromatic carbocycles. The monoisotopic (exact) mass is 258 g/mol. The Bertz CT molecular complexity index is 350. The molecule has 76 valence electrons. The van der Waals surface area contributed by atoms with Crippen LogP contribution in [-0.2, 0) is 6.54 Å². The molecule has 4 heteroatoms. The second-order valence-corrected chi connectivity index (χ2v) is 4.32. The number of hydrogen-bond donors (Lipinski definition) is 2. The molecule has 0 radical (unpaired) electrons. The molecule has 1 aliphatic carbocycles. The van der Waals surface area contributed by atoms with Crippen LogP contribution in [0.5, 0.6) is 0 Å². The molecule has 0 amide bonds. The summed E-state index contributed by atoms with van der Waals surface area (Å²) >= 11 is 3.21. The van der Waals surface area contributed by atoms with Gasteiger partial charge in [-0.25, -0.2) is 4.39 Å². The van der Waals surface area contributed by atoms with Gasteiger partial charge >= 0.3 is 0 Å². The highest BCUT2D eigenvalue weighted by atomic mass is 79.9. The van der Waals surface area contributed by atoms with Crippen molar-refractivity contribution in [3.8, 4) is 0 Å². The summed E-state index contributed by atoms with van der Waals surface area (Å²) in [5.41, 5.74) is 6.83. The molecule has 0 bridgehead atoms. The zero-order chi connectivity index (χ0) is 10.1. The molecular formula is C10H12BrFN2. The molecular weight excluding hydrogens is 247 g/mol. The van der Waals surface area contributed by atoms with Crippen LogP contribution >= 0.6 is 15.9 Å². The zero-order valence-electron chi connectivity index (χ0n) is 7.69. The van der Waals surface area contributed by atoms with E-state index >= 15 is 0 Å². The van der Waals surface area contributed by atoms with Gasteiger partial charge in [0, 0.05) is 12.6 Å². The summed E-state index contributed by atoms with van der Waals surface area (Å²) in [6.07, 6.45) is 2.27. The van der Waals surface area contributed by atoms with E-state index in [1.807, 2.05) is 6.07 Å². The highest BCUT2D eigenvalue weighted by Gasteiger charge is 2.22. The van der Waals surface area contributed by atoms with E-state index in [1.165, 1.54) is 0 Å². The van der Waals surface area contributed by atoms with Gasteiger partial charge < -0.3 is 11.1 Å². The Labute approximate surface area is 90.8 Å². The standard InChI is InChI=1S/C10H12BrFN2/c11-9-6(5-13)1-4-8(10(9)12)14-7-2-3-7/h1,4,7,14H,2-3,5,13H2. The predicted molar refractivity (Wildman–Crippen MR) is 58.6 cm³/mol. The summed E-state index contributed by atoms with van der Waals surface area (Å²) in [6.45, 7) is 0.348. The Hall–Kier alpha value is -0.610. The van der Waals surface area contributed by atoms with Crippen LogP contribution in [0.25, 0.3) is 0 Å². The van der Waals surface area contributed by atoms with E-state index < -0.39 is 0 Å². The predicted octanol–water partition coefficient (Wildman–Crippen LogP) is 2.62. The second-order valence-electron chi connectivity index (χ2n) is 3.52. The number of benzene rings is 1. The molecule has 0 atom stereocenters. The van der Waals surface area contributed by atoms with Gasteiger partial charge in [0.25, 0.3) is 0 Å². The summed E-state index contributed by atoms with van der Waals surface area (Å²) in [6, 6.07) is 4.05. The Balaban J connectivity index is 2.27. The Kier molecular flexibility index (Phi) is 2.74. The number of nitrogens with one attached hydrogen (secondary N) is 1. The molecule has 2 rings (SSSR count). The van der Waals surface area contributed by atoms with Gasteiger partial charge in [-0.15, -0.1) is 0 Å². The molecule has 2 nitrogen and oxygen atoms in total. The minimum Gasteiger partial charge on any atom is -0.380 e. The van der Waals surface area contributed by atoms with Crippen molar-refractivity contribution in [3.05, 3.63) is 28.0 Å². The maximum absolute atomic E-state index is 13.7. The average molecular weight is 259 g/mol. The van der Waals surface area contributed by atoms with Gasteiger partial charge in [0.05, 0.1) is 10.2 Å². The first-order valence-electron chi connectivity index (χ1n) is 4.66. The molecule has 1 fully saturated rings.